The van der Waals surface area contributed by atoms with Crippen LogP contribution >= 0.6 is 24.0 Å². The summed E-state index contributed by atoms with van der Waals surface area (Å²) in [6.45, 7) is 5.90. The molecule has 0 bridgehead atoms. The molecule has 0 aliphatic carbocycles. The molecule has 0 saturated heterocycles. The van der Waals surface area contributed by atoms with E-state index in [1.165, 1.54) is 12.8 Å². The lowest BCUT2D eigenvalue weighted by atomic mass is 10.2. The summed E-state index contributed by atoms with van der Waals surface area (Å²) in [6.07, 6.45) is 2.86. The monoisotopic (exact) mass is 318 g/mol. The molecule has 0 radical (unpaired) electrons. The van der Waals surface area contributed by atoms with Gasteiger partial charge in [-0.05, 0) is 44.6 Å². The number of unbranched alkanes of at least 4 members (excludes halogenated alkanes) is 1. The first-order chi connectivity index (χ1) is 9.04. The van der Waals surface area contributed by atoms with Crippen molar-refractivity contribution in [2.75, 3.05) is 25.5 Å². The average molecular weight is 319 g/mol. The summed E-state index contributed by atoms with van der Waals surface area (Å²) in [4.78, 5) is 14.1. The Hall–Kier alpha value is -0.770. The van der Waals surface area contributed by atoms with Gasteiger partial charge in [-0.2, -0.15) is 0 Å². The van der Waals surface area contributed by atoms with Gasteiger partial charge in [-0.1, -0.05) is 31.0 Å². The highest BCUT2D eigenvalue weighted by molar-refractivity contribution is 6.31. The zero-order chi connectivity index (χ0) is 14.3. The molecular formula is C15H24Cl2N2O. The Labute approximate surface area is 133 Å². The fourth-order valence-corrected chi connectivity index (χ4v) is 1.96. The molecule has 1 rings (SSSR count). The van der Waals surface area contributed by atoms with E-state index in [4.69, 9.17) is 11.6 Å². The van der Waals surface area contributed by atoms with Gasteiger partial charge in [0, 0.05) is 23.7 Å². The summed E-state index contributed by atoms with van der Waals surface area (Å²) in [5.41, 5.74) is 1.71. The van der Waals surface area contributed by atoms with Crippen molar-refractivity contribution in [1.29, 1.82) is 0 Å². The van der Waals surface area contributed by atoms with E-state index in [-0.39, 0.29) is 18.3 Å². The van der Waals surface area contributed by atoms with Gasteiger partial charge in [0.05, 0.1) is 0 Å². The lowest BCUT2D eigenvalue weighted by molar-refractivity contribution is -0.116. The van der Waals surface area contributed by atoms with Gasteiger partial charge in [0.15, 0.2) is 0 Å². The van der Waals surface area contributed by atoms with Crippen molar-refractivity contribution >= 4 is 35.6 Å². The Bertz CT molecular complexity index is 424. The number of benzene rings is 1. The Kier molecular flexibility index (Phi) is 9.64. The molecule has 3 nitrogen and oxygen atoms in total. The Morgan fingerprint density at radius 1 is 1.35 bits per heavy atom. The van der Waals surface area contributed by atoms with Crippen molar-refractivity contribution in [2.24, 2.45) is 0 Å². The summed E-state index contributed by atoms with van der Waals surface area (Å²) < 4.78 is 0. The predicted molar refractivity (Wildman–Crippen MR) is 89.1 cm³/mol. The first-order valence-electron chi connectivity index (χ1n) is 6.78. The van der Waals surface area contributed by atoms with Crippen LogP contribution in [0.25, 0.3) is 0 Å². The number of hydrogen-bond donors (Lipinski definition) is 1. The molecule has 0 heterocycles. The average Bonchev–Trinajstić information content (AvgIpc) is 2.39. The number of rotatable bonds is 7. The van der Waals surface area contributed by atoms with Crippen molar-refractivity contribution in [3.63, 3.8) is 0 Å². The normalized spacial score (nSPS) is 10.2. The first-order valence-corrected chi connectivity index (χ1v) is 7.16. The van der Waals surface area contributed by atoms with Crippen LogP contribution in [0.4, 0.5) is 5.69 Å². The zero-order valence-corrected chi connectivity index (χ0v) is 14.0. The van der Waals surface area contributed by atoms with E-state index in [0.29, 0.717) is 11.4 Å². The zero-order valence-electron chi connectivity index (χ0n) is 12.4. The maximum Gasteiger partial charge on any atom is 0.225 e. The largest absolute Gasteiger partial charge is 0.326 e. The van der Waals surface area contributed by atoms with E-state index in [0.717, 1.165) is 24.3 Å². The molecule has 0 unspecified atom stereocenters. The van der Waals surface area contributed by atoms with Crippen molar-refractivity contribution in [3.8, 4) is 0 Å². The van der Waals surface area contributed by atoms with Crippen molar-refractivity contribution in [1.82, 2.24) is 4.90 Å². The maximum atomic E-state index is 11.9. The van der Waals surface area contributed by atoms with E-state index in [9.17, 15) is 4.79 Å². The number of carbonyl (C=O) groups is 1. The van der Waals surface area contributed by atoms with Crippen molar-refractivity contribution in [2.45, 2.75) is 33.1 Å². The van der Waals surface area contributed by atoms with Gasteiger partial charge in [-0.3, -0.25) is 4.79 Å². The molecule has 1 aromatic carbocycles. The van der Waals surface area contributed by atoms with Crippen LogP contribution in [0.5, 0.6) is 0 Å². The first kappa shape index (κ1) is 19.2. The number of halogens is 2. The topological polar surface area (TPSA) is 32.3 Å². The van der Waals surface area contributed by atoms with Crippen molar-refractivity contribution < 1.29 is 4.79 Å². The van der Waals surface area contributed by atoms with Crippen LogP contribution < -0.4 is 5.32 Å². The Morgan fingerprint density at radius 2 is 2.05 bits per heavy atom. The van der Waals surface area contributed by atoms with Crippen LogP contribution in [0.2, 0.25) is 5.02 Å². The highest BCUT2D eigenvalue weighted by Gasteiger charge is 2.07. The molecule has 0 spiro atoms. The van der Waals surface area contributed by atoms with Gasteiger partial charge in [-0.15, -0.1) is 12.4 Å². The molecule has 0 saturated carbocycles. The maximum absolute atomic E-state index is 11.9. The number of carbonyl (C=O) groups excluding carboxylic acids is 1. The van der Waals surface area contributed by atoms with Gasteiger partial charge in [0.25, 0.3) is 0 Å². The van der Waals surface area contributed by atoms with E-state index in [2.05, 4.69) is 17.1 Å². The summed E-state index contributed by atoms with van der Waals surface area (Å²) in [7, 11) is 2.05. The fraction of sp³-hybridized carbons (Fsp3) is 0.533. The Morgan fingerprint density at radius 3 is 2.70 bits per heavy atom. The molecule has 1 aromatic rings. The fourth-order valence-electron chi connectivity index (χ4n) is 1.79. The van der Waals surface area contributed by atoms with E-state index in [1.54, 1.807) is 0 Å². The highest BCUT2D eigenvalue weighted by atomic mass is 35.5. The van der Waals surface area contributed by atoms with E-state index in [1.807, 2.05) is 32.2 Å². The number of nitrogens with zero attached hydrogens (tertiary/aromatic N) is 1. The predicted octanol–water partition coefficient (Wildman–Crippen LogP) is 4.13. The minimum absolute atomic E-state index is 0. The molecule has 0 aliphatic heterocycles. The number of amides is 1. The summed E-state index contributed by atoms with van der Waals surface area (Å²) in [5.74, 6) is 0.0358. The van der Waals surface area contributed by atoms with E-state index < -0.39 is 0 Å². The smallest absolute Gasteiger partial charge is 0.225 e. The van der Waals surface area contributed by atoms with Gasteiger partial charge in [0.1, 0.15) is 0 Å². The SMILES string of the molecule is CCCCN(C)CCC(=O)Nc1cccc(Cl)c1C.Cl. The second kappa shape index (κ2) is 10.0. The van der Waals surface area contributed by atoms with Gasteiger partial charge in [0.2, 0.25) is 5.91 Å². The lowest BCUT2D eigenvalue weighted by Crippen LogP contribution is -2.25. The highest BCUT2D eigenvalue weighted by Crippen LogP contribution is 2.22. The van der Waals surface area contributed by atoms with Crippen LogP contribution in [0.15, 0.2) is 18.2 Å². The molecular weight excluding hydrogens is 295 g/mol. The van der Waals surface area contributed by atoms with Crippen LogP contribution in [-0.4, -0.2) is 30.9 Å². The van der Waals surface area contributed by atoms with Gasteiger partial charge in [-0.25, -0.2) is 0 Å². The van der Waals surface area contributed by atoms with Gasteiger partial charge < -0.3 is 10.2 Å². The Balaban J connectivity index is 0.00000361. The number of nitrogens with one attached hydrogen (secondary N) is 1. The summed E-state index contributed by atoms with van der Waals surface area (Å²) in [5, 5.41) is 3.59. The van der Waals surface area contributed by atoms with Crippen molar-refractivity contribution in [3.05, 3.63) is 28.8 Å². The second-order valence-corrected chi connectivity index (χ2v) is 5.27. The molecule has 0 aromatic heterocycles. The molecule has 114 valence electrons. The number of hydrogen-bond acceptors (Lipinski definition) is 2. The minimum Gasteiger partial charge on any atom is -0.326 e. The van der Waals surface area contributed by atoms with Crippen LogP contribution in [0, 0.1) is 6.92 Å². The van der Waals surface area contributed by atoms with Crippen LogP contribution in [0.3, 0.4) is 0 Å². The summed E-state index contributed by atoms with van der Waals surface area (Å²) >= 11 is 6.02. The quantitative estimate of drug-likeness (QED) is 0.819. The molecule has 0 fully saturated rings. The van der Waals surface area contributed by atoms with E-state index >= 15 is 0 Å². The van der Waals surface area contributed by atoms with Gasteiger partial charge >= 0.3 is 0 Å². The third kappa shape index (κ3) is 6.60. The molecule has 1 amide bonds. The molecule has 20 heavy (non-hydrogen) atoms. The third-order valence-corrected chi connectivity index (χ3v) is 3.57. The van der Waals surface area contributed by atoms with Crippen LogP contribution in [-0.2, 0) is 4.79 Å². The third-order valence-electron chi connectivity index (χ3n) is 3.16. The second-order valence-electron chi connectivity index (χ2n) is 4.87. The molecule has 5 heteroatoms. The molecule has 0 aliphatic rings. The molecule has 0 atom stereocenters. The van der Waals surface area contributed by atoms with Crippen LogP contribution in [0.1, 0.15) is 31.7 Å². The standard InChI is InChI=1S/C15H23ClN2O.ClH/c1-4-5-10-18(3)11-9-15(19)17-14-8-6-7-13(16)12(14)2;/h6-8H,4-5,9-11H2,1-3H3,(H,17,19);1H. The number of anilines is 1. The summed E-state index contributed by atoms with van der Waals surface area (Å²) in [6, 6.07) is 5.54. The minimum atomic E-state index is 0. The molecule has 1 N–H and O–H groups in total. The lowest BCUT2D eigenvalue weighted by Gasteiger charge is -2.16.